The van der Waals surface area contributed by atoms with Crippen LogP contribution in [0.2, 0.25) is 0 Å². The van der Waals surface area contributed by atoms with Gasteiger partial charge < -0.3 is 9.47 Å². The number of morpholine rings is 1. The van der Waals surface area contributed by atoms with Gasteiger partial charge in [-0.15, -0.1) is 0 Å². The van der Waals surface area contributed by atoms with Gasteiger partial charge in [0, 0.05) is 26.2 Å². The molecule has 0 saturated carbocycles. The zero-order valence-electron chi connectivity index (χ0n) is 6.95. The van der Waals surface area contributed by atoms with Crippen LogP contribution in [0.5, 0.6) is 0 Å². The van der Waals surface area contributed by atoms with E-state index in [0.717, 1.165) is 26.3 Å². The standard InChI is InChI=1S/C8H15NO2/c1-10-3-2-9-5-8-4-7(9)6-11-8/h7-8H,2-6H2,1H3/t7-,8-/m1/s1. The molecule has 64 valence electrons. The summed E-state index contributed by atoms with van der Waals surface area (Å²) in [5, 5.41) is 0. The highest BCUT2D eigenvalue weighted by atomic mass is 16.5. The number of fused-ring (bicyclic) bond motifs is 2. The van der Waals surface area contributed by atoms with Crippen LogP contribution in [0.25, 0.3) is 0 Å². The topological polar surface area (TPSA) is 21.7 Å². The van der Waals surface area contributed by atoms with E-state index < -0.39 is 0 Å². The van der Waals surface area contributed by atoms with E-state index in [1.165, 1.54) is 6.42 Å². The van der Waals surface area contributed by atoms with Crippen LogP contribution in [-0.4, -0.2) is 50.5 Å². The lowest BCUT2D eigenvalue weighted by atomic mass is 10.2. The summed E-state index contributed by atoms with van der Waals surface area (Å²) in [6.07, 6.45) is 1.76. The molecule has 3 nitrogen and oxygen atoms in total. The molecule has 0 aromatic heterocycles. The minimum Gasteiger partial charge on any atom is -0.383 e. The van der Waals surface area contributed by atoms with Crippen LogP contribution < -0.4 is 0 Å². The molecule has 3 heteroatoms. The first-order valence-corrected chi connectivity index (χ1v) is 4.24. The summed E-state index contributed by atoms with van der Waals surface area (Å²) in [6, 6.07) is 0.690. The van der Waals surface area contributed by atoms with Crippen LogP contribution >= 0.6 is 0 Å². The molecular formula is C8H15NO2. The summed E-state index contributed by atoms with van der Waals surface area (Å²) in [6.45, 7) is 3.98. The Kier molecular flexibility index (Phi) is 2.11. The van der Waals surface area contributed by atoms with Crippen LogP contribution in [0, 0.1) is 0 Å². The number of nitrogens with zero attached hydrogens (tertiary/aromatic N) is 1. The highest BCUT2D eigenvalue weighted by molar-refractivity contribution is 4.91. The Morgan fingerprint density at radius 2 is 2.55 bits per heavy atom. The summed E-state index contributed by atoms with van der Waals surface area (Å²) < 4.78 is 10.5. The Morgan fingerprint density at radius 1 is 1.64 bits per heavy atom. The van der Waals surface area contributed by atoms with Gasteiger partial charge in [-0.2, -0.15) is 0 Å². The van der Waals surface area contributed by atoms with Gasteiger partial charge in [0.1, 0.15) is 0 Å². The monoisotopic (exact) mass is 157 g/mol. The van der Waals surface area contributed by atoms with Crippen molar-refractivity contribution >= 4 is 0 Å². The third kappa shape index (κ3) is 1.41. The van der Waals surface area contributed by atoms with E-state index in [1.54, 1.807) is 7.11 Å². The Balaban J connectivity index is 1.78. The summed E-state index contributed by atoms with van der Waals surface area (Å²) >= 11 is 0. The average Bonchev–Trinajstić information content (AvgIpc) is 2.60. The maximum Gasteiger partial charge on any atom is 0.0718 e. The highest BCUT2D eigenvalue weighted by Crippen LogP contribution is 2.26. The smallest absolute Gasteiger partial charge is 0.0718 e. The van der Waals surface area contributed by atoms with Crippen LogP contribution in [0.4, 0.5) is 0 Å². The van der Waals surface area contributed by atoms with Crippen molar-refractivity contribution in [3.05, 3.63) is 0 Å². The molecule has 2 saturated heterocycles. The molecule has 2 fully saturated rings. The number of methoxy groups -OCH3 is 1. The maximum atomic E-state index is 5.48. The van der Waals surface area contributed by atoms with Crippen molar-refractivity contribution in [1.29, 1.82) is 0 Å². The molecule has 0 N–H and O–H groups in total. The van der Waals surface area contributed by atoms with Crippen molar-refractivity contribution in [2.24, 2.45) is 0 Å². The zero-order valence-corrected chi connectivity index (χ0v) is 6.95. The first-order valence-electron chi connectivity index (χ1n) is 4.24. The Morgan fingerprint density at radius 3 is 3.09 bits per heavy atom. The van der Waals surface area contributed by atoms with Gasteiger partial charge in [0.2, 0.25) is 0 Å². The van der Waals surface area contributed by atoms with Crippen LogP contribution in [-0.2, 0) is 9.47 Å². The van der Waals surface area contributed by atoms with Gasteiger partial charge in [0.05, 0.1) is 19.3 Å². The Bertz CT molecular complexity index is 140. The quantitative estimate of drug-likeness (QED) is 0.580. The van der Waals surface area contributed by atoms with Crippen LogP contribution in [0.1, 0.15) is 6.42 Å². The van der Waals surface area contributed by atoms with Gasteiger partial charge in [0.25, 0.3) is 0 Å². The van der Waals surface area contributed by atoms with E-state index >= 15 is 0 Å². The molecule has 11 heavy (non-hydrogen) atoms. The second-order valence-electron chi connectivity index (χ2n) is 3.33. The molecular weight excluding hydrogens is 142 g/mol. The second-order valence-corrected chi connectivity index (χ2v) is 3.33. The van der Waals surface area contributed by atoms with Gasteiger partial charge in [-0.05, 0) is 6.42 Å². The maximum absolute atomic E-state index is 5.48. The van der Waals surface area contributed by atoms with E-state index in [2.05, 4.69) is 4.90 Å². The second kappa shape index (κ2) is 3.09. The molecule has 0 aromatic rings. The van der Waals surface area contributed by atoms with Gasteiger partial charge in [-0.25, -0.2) is 0 Å². The predicted molar refractivity (Wildman–Crippen MR) is 41.6 cm³/mol. The molecule has 2 bridgehead atoms. The number of likely N-dealkylation sites (tertiary alicyclic amines) is 1. The summed E-state index contributed by atoms with van der Waals surface area (Å²) in [4.78, 5) is 2.47. The lowest BCUT2D eigenvalue weighted by molar-refractivity contribution is 0.0206. The van der Waals surface area contributed by atoms with Crippen molar-refractivity contribution in [3.8, 4) is 0 Å². The molecule has 0 unspecified atom stereocenters. The number of ether oxygens (including phenoxy) is 2. The fourth-order valence-electron chi connectivity index (χ4n) is 1.96. The van der Waals surface area contributed by atoms with E-state index in [0.29, 0.717) is 12.1 Å². The molecule has 0 amide bonds. The summed E-state index contributed by atoms with van der Waals surface area (Å²) in [5.74, 6) is 0. The SMILES string of the molecule is COCCN1C[C@H]2C[C@@H]1CO2. The van der Waals surface area contributed by atoms with E-state index in [9.17, 15) is 0 Å². The number of rotatable bonds is 3. The van der Waals surface area contributed by atoms with Crippen molar-refractivity contribution < 1.29 is 9.47 Å². The van der Waals surface area contributed by atoms with Crippen LogP contribution in [0.15, 0.2) is 0 Å². The molecule has 2 aliphatic rings. The lowest BCUT2D eigenvalue weighted by Gasteiger charge is -2.25. The third-order valence-electron chi connectivity index (χ3n) is 2.60. The normalized spacial score (nSPS) is 36.8. The first-order chi connectivity index (χ1) is 5.40. The molecule has 0 spiro atoms. The molecule has 2 heterocycles. The molecule has 0 aromatic carbocycles. The molecule has 2 aliphatic heterocycles. The minimum absolute atomic E-state index is 0.525. The summed E-state index contributed by atoms with van der Waals surface area (Å²) in [5.41, 5.74) is 0. The van der Waals surface area contributed by atoms with Crippen LogP contribution in [0.3, 0.4) is 0 Å². The molecule has 2 rings (SSSR count). The molecule has 0 radical (unpaired) electrons. The van der Waals surface area contributed by atoms with E-state index in [4.69, 9.17) is 9.47 Å². The van der Waals surface area contributed by atoms with Gasteiger partial charge in [-0.3, -0.25) is 4.90 Å². The Labute approximate surface area is 67.3 Å². The molecule has 0 aliphatic carbocycles. The van der Waals surface area contributed by atoms with Gasteiger partial charge in [0.15, 0.2) is 0 Å². The van der Waals surface area contributed by atoms with Crippen molar-refractivity contribution in [3.63, 3.8) is 0 Å². The number of hydrogen-bond donors (Lipinski definition) is 0. The average molecular weight is 157 g/mol. The van der Waals surface area contributed by atoms with Crippen molar-refractivity contribution in [1.82, 2.24) is 4.90 Å². The Hall–Kier alpha value is -0.120. The molecule has 2 atom stereocenters. The fraction of sp³-hybridized carbons (Fsp3) is 1.00. The largest absolute Gasteiger partial charge is 0.383 e. The van der Waals surface area contributed by atoms with Crippen molar-refractivity contribution in [2.45, 2.75) is 18.6 Å². The third-order valence-corrected chi connectivity index (χ3v) is 2.60. The minimum atomic E-state index is 0.525. The van der Waals surface area contributed by atoms with Crippen molar-refractivity contribution in [2.75, 3.05) is 33.4 Å². The van der Waals surface area contributed by atoms with E-state index in [1.807, 2.05) is 0 Å². The lowest BCUT2D eigenvalue weighted by Crippen LogP contribution is -2.38. The van der Waals surface area contributed by atoms with E-state index in [-0.39, 0.29) is 0 Å². The first kappa shape index (κ1) is 7.53. The predicted octanol–water partition coefficient (Wildman–Crippen LogP) is 0.106. The summed E-state index contributed by atoms with van der Waals surface area (Å²) in [7, 11) is 1.75. The zero-order chi connectivity index (χ0) is 7.68. The van der Waals surface area contributed by atoms with Gasteiger partial charge >= 0.3 is 0 Å². The van der Waals surface area contributed by atoms with Gasteiger partial charge in [-0.1, -0.05) is 0 Å². The number of hydrogen-bond acceptors (Lipinski definition) is 3. The fourth-order valence-corrected chi connectivity index (χ4v) is 1.96. The highest BCUT2D eigenvalue weighted by Gasteiger charge is 2.38.